The van der Waals surface area contributed by atoms with Crippen molar-refractivity contribution in [2.45, 2.75) is 39.7 Å². The van der Waals surface area contributed by atoms with Gasteiger partial charge in [-0.05, 0) is 52.9 Å². The number of aromatic nitrogens is 1. The molecule has 0 fully saturated rings. The third kappa shape index (κ3) is 6.16. The summed E-state index contributed by atoms with van der Waals surface area (Å²) in [5, 5.41) is 10.5. The molecule has 0 aliphatic rings. The van der Waals surface area contributed by atoms with Gasteiger partial charge in [-0.2, -0.15) is 0 Å². The van der Waals surface area contributed by atoms with E-state index < -0.39 is 0 Å². The highest BCUT2D eigenvalue weighted by atomic mass is 79.9. The number of hydrogen-bond donors (Lipinski definition) is 2. The Morgan fingerprint density at radius 3 is 2.76 bits per heavy atom. The van der Waals surface area contributed by atoms with Gasteiger partial charge < -0.3 is 15.2 Å². The molecule has 0 radical (unpaired) electrons. The van der Waals surface area contributed by atoms with Gasteiger partial charge in [0.05, 0.1) is 10.2 Å². The molecule has 0 bridgehead atoms. The van der Waals surface area contributed by atoms with Crippen LogP contribution in [0.2, 0.25) is 0 Å². The zero-order valence-corrected chi connectivity index (χ0v) is 16.4. The van der Waals surface area contributed by atoms with Crippen LogP contribution in [0.4, 0.5) is 4.39 Å². The zero-order valence-electron chi connectivity index (χ0n) is 14.8. The van der Waals surface area contributed by atoms with E-state index in [2.05, 4.69) is 50.6 Å². The Bertz CT molecular complexity index is 715. The average Bonchev–Trinajstić information content (AvgIpc) is 3.05. The van der Waals surface area contributed by atoms with Crippen LogP contribution < -0.4 is 10.6 Å². The Balaban J connectivity index is 1.89. The Kier molecular flexibility index (Phi) is 7.43. The van der Waals surface area contributed by atoms with Crippen molar-refractivity contribution in [2.75, 3.05) is 13.1 Å². The second-order valence-corrected chi connectivity index (χ2v) is 6.85. The minimum absolute atomic E-state index is 0.251. The monoisotopic (exact) mass is 410 g/mol. The highest BCUT2D eigenvalue weighted by Crippen LogP contribution is 2.17. The lowest BCUT2D eigenvalue weighted by atomic mass is 10.1. The maximum absolute atomic E-state index is 13.3. The molecule has 2 N–H and O–H groups in total. The number of nitrogens with zero attached hydrogens (tertiary/aromatic N) is 2. The predicted molar refractivity (Wildman–Crippen MR) is 101 cm³/mol. The van der Waals surface area contributed by atoms with Crippen molar-refractivity contribution in [1.29, 1.82) is 0 Å². The molecule has 2 rings (SSSR count). The van der Waals surface area contributed by atoms with Crippen LogP contribution in [0.3, 0.4) is 0 Å². The van der Waals surface area contributed by atoms with Crippen LogP contribution in [0.15, 0.2) is 38.3 Å². The van der Waals surface area contributed by atoms with Crippen LogP contribution in [0, 0.1) is 5.82 Å². The van der Waals surface area contributed by atoms with E-state index in [0.717, 1.165) is 30.0 Å². The molecule has 1 aromatic heterocycles. The van der Waals surface area contributed by atoms with Crippen LogP contribution in [-0.4, -0.2) is 24.2 Å². The Morgan fingerprint density at radius 1 is 1.32 bits per heavy atom. The summed E-state index contributed by atoms with van der Waals surface area (Å²) in [5.41, 5.74) is 1.98. The third-order valence-electron chi connectivity index (χ3n) is 3.60. The normalized spacial score (nSPS) is 11.8. The molecule has 2 aromatic rings. The molecular weight excluding hydrogens is 387 g/mol. The SMILES string of the molecule is CCNC(=NCc1cc(C(C)C)no1)NCCc1ccc(F)c(Br)c1. The van der Waals surface area contributed by atoms with Crippen molar-refractivity contribution in [1.82, 2.24) is 15.8 Å². The second kappa shape index (κ2) is 9.56. The van der Waals surface area contributed by atoms with E-state index in [1.165, 1.54) is 6.07 Å². The molecule has 1 aromatic carbocycles. The quantitative estimate of drug-likeness (QED) is 0.534. The third-order valence-corrected chi connectivity index (χ3v) is 4.20. The summed E-state index contributed by atoms with van der Waals surface area (Å²) < 4.78 is 19.0. The molecule has 0 aliphatic carbocycles. The van der Waals surface area contributed by atoms with Crippen molar-refractivity contribution in [3.05, 3.63) is 51.6 Å². The summed E-state index contributed by atoms with van der Waals surface area (Å²) in [6.45, 7) is 8.05. The molecule has 25 heavy (non-hydrogen) atoms. The minimum Gasteiger partial charge on any atom is -0.359 e. The van der Waals surface area contributed by atoms with Gasteiger partial charge in [0.1, 0.15) is 12.4 Å². The summed E-state index contributed by atoms with van der Waals surface area (Å²) in [6.07, 6.45) is 0.767. The highest BCUT2D eigenvalue weighted by molar-refractivity contribution is 9.10. The number of guanidine groups is 1. The molecule has 0 spiro atoms. The first-order chi connectivity index (χ1) is 12.0. The number of nitrogens with one attached hydrogen (secondary N) is 2. The summed E-state index contributed by atoms with van der Waals surface area (Å²) >= 11 is 3.21. The topological polar surface area (TPSA) is 62.5 Å². The van der Waals surface area contributed by atoms with Crippen LogP contribution in [-0.2, 0) is 13.0 Å². The van der Waals surface area contributed by atoms with Gasteiger partial charge in [0.25, 0.3) is 0 Å². The number of rotatable bonds is 7. The molecule has 0 unspecified atom stereocenters. The highest BCUT2D eigenvalue weighted by Gasteiger charge is 2.07. The van der Waals surface area contributed by atoms with Gasteiger partial charge in [-0.25, -0.2) is 9.38 Å². The van der Waals surface area contributed by atoms with Crippen molar-refractivity contribution in [3.63, 3.8) is 0 Å². The van der Waals surface area contributed by atoms with Crippen LogP contribution >= 0.6 is 15.9 Å². The minimum atomic E-state index is -0.251. The van der Waals surface area contributed by atoms with Gasteiger partial charge in [-0.15, -0.1) is 0 Å². The van der Waals surface area contributed by atoms with Gasteiger partial charge >= 0.3 is 0 Å². The zero-order chi connectivity index (χ0) is 18.2. The second-order valence-electron chi connectivity index (χ2n) is 5.99. The lowest BCUT2D eigenvalue weighted by Gasteiger charge is -2.11. The molecule has 0 amide bonds. The van der Waals surface area contributed by atoms with Crippen LogP contribution in [0.1, 0.15) is 43.7 Å². The van der Waals surface area contributed by atoms with E-state index in [9.17, 15) is 4.39 Å². The Hall–Kier alpha value is -1.89. The molecule has 0 atom stereocenters. The molecule has 1 heterocycles. The smallest absolute Gasteiger partial charge is 0.191 e. The van der Waals surface area contributed by atoms with E-state index in [0.29, 0.717) is 29.4 Å². The average molecular weight is 411 g/mol. The van der Waals surface area contributed by atoms with E-state index in [-0.39, 0.29) is 5.82 Å². The summed E-state index contributed by atoms with van der Waals surface area (Å²) in [4.78, 5) is 4.51. The van der Waals surface area contributed by atoms with Gasteiger partial charge in [0, 0.05) is 19.2 Å². The Morgan fingerprint density at radius 2 is 2.12 bits per heavy atom. The van der Waals surface area contributed by atoms with Gasteiger partial charge in [0.2, 0.25) is 0 Å². The maximum Gasteiger partial charge on any atom is 0.191 e. The number of aliphatic imine (C=N–C) groups is 1. The first-order valence-corrected chi connectivity index (χ1v) is 9.20. The first kappa shape index (κ1) is 19.4. The van der Waals surface area contributed by atoms with Crippen molar-refractivity contribution >= 4 is 21.9 Å². The fourth-order valence-electron chi connectivity index (χ4n) is 2.19. The molecule has 0 aliphatic heterocycles. The van der Waals surface area contributed by atoms with Crippen LogP contribution in [0.5, 0.6) is 0 Å². The van der Waals surface area contributed by atoms with Gasteiger partial charge in [-0.1, -0.05) is 25.1 Å². The number of benzene rings is 1. The van der Waals surface area contributed by atoms with E-state index in [1.807, 2.05) is 13.0 Å². The van der Waals surface area contributed by atoms with E-state index in [1.54, 1.807) is 12.1 Å². The maximum atomic E-state index is 13.3. The lowest BCUT2D eigenvalue weighted by molar-refractivity contribution is 0.376. The molecule has 0 saturated carbocycles. The van der Waals surface area contributed by atoms with Crippen molar-refractivity contribution in [3.8, 4) is 0 Å². The van der Waals surface area contributed by atoms with Crippen molar-refractivity contribution in [2.24, 2.45) is 4.99 Å². The largest absolute Gasteiger partial charge is 0.359 e. The summed E-state index contributed by atoms with van der Waals surface area (Å²) in [7, 11) is 0. The molecule has 5 nitrogen and oxygen atoms in total. The molecule has 136 valence electrons. The molecule has 0 saturated heterocycles. The van der Waals surface area contributed by atoms with E-state index >= 15 is 0 Å². The standard InChI is InChI=1S/C18H24BrFN4O/c1-4-21-18(23-11-14-10-17(12(2)3)24-25-14)22-8-7-13-5-6-16(20)15(19)9-13/h5-6,9-10,12H,4,7-8,11H2,1-3H3,(H2,21,22,23). The fraction of sp³-hybridized carbons (Fsp3) is 0.444. The lowest BCUT2D eigenvalue weighted by Crippen LogP contribution is -2.38. The molecular formula is C18H24BrFN4O. The van der Waals surface area contributed by atoms with E-state index in [4.69, 9.17) is 4.52 Å². The summed E-state index contributed by atoms with van der Waals surface area (Å²) in [6, 6.07) is 6.99. The number of halogens is 2. The first-order valence-electron chi connectivity index (χ1n) is 8.41. The van der Waals surface area contributed by atoms with Gasteiger partial charge in [-0.3, -0.25) is 0 Å². The number of hydrogen-bond acceptors (Lipinski definition) is 3. The van der Waals surface area contributed by atoms with Crippen molar-refractivity contribution < 1.29 is 8.91 Å². The summed E-state index contributed by atoms with van der Waals surface area (Å²) in [5.74, 6) is 1.54. The van der Waals surface area contributed by atoms with Crippen LogP contribution in [0.25, 0.3) is 0 Å². The Labute approximate surface area is 156 Å². The predicted octanol–water partition coefficient (Wildman–Crippen LogP) is 4.00. The van der Waals surface area contributed by atoms with Gasteiger partial charge in [0.15, 0.2) is 11.7 Å². The fourth-order valence-corrected chi connectivity index (χ4v) is 2.62. The molecule has 7 heteroatoms.